The zero-order chi connectivity index (χ0) is 28.1. The molecule has 39 heavy (non-hydrogen) atoms. The number of aliphatic imine (C=N–C) groups is 1. The minimum atomic E-state index is -4.89. The molecule has 2 aliphatic heterocycles. The zero-order valence-corrected chi connectivity index (χ0v) is 20.8. The van der Waals surface area contributed by atoms with Gasteiger partial charge in [-0.3, -0.25) is 9.59 Å². The summed E-state index contributed by atoms with van der Waals surface area (Å²) in [5.41, 5.74) is -1.37. The van der Waals surface area contributed by atoms with Gasteiger partial charge in [0.15, 0.2) is 0 Å². The Balaban J connectivity index is 1.63. The summed E-state index contributed by atoms with van der Waals surface area (Å²) in [6.07, 6.45) is -4.89. The van der Waals surface area contributed by atoms with Gasteiger partial charge < -0.3 is 20.3 Å². The van der Waals surface area contributed by atoms with Crippen molar-refractivity contribution in [2.24, 2.45) is 4.99 Å². The molecule has 1 fully saturated rings. The molecule has 0 bridgehead atoms. The average molecular weight is 565 g/mol. The molecule has 3 aromatic carbocycles. The number of carbonyl (C=O) groups excluding carboxylic acids is 2. The van der Waals surface area contributed by atoms with Crippen LogP contribution in [0.25, 0.3) is 0 Å². The predicted octanol–water partition coefficient (Wildman–Crippen LogP) is 5.67. The number of amides is 2. The van der Waals surface area contributed by atoms with E-state index in [1.807, 2.05) is 0 Å². The van der Waals surface area contributed by atoms with Gasteiger partial charge in [0, 0.05) is 40.0 Å². The number of halogens is 6. The average Bonchev–Trinajstić information content (AvgIpc) is 3.42. The number of benzene rings is 3. The van der Waals surface area contributed by atoms with E-state index >= 15 is 0 Å². The molecule has 3 aromatic rings. The van der Waals surface area contributed by atoms with E-state index in [2.05, 4.69) is 15.6 Å². The van der Waals surface area contributed by atoms with Crippen molar-refractivity contribution in [3.63, 3.8) is 0 Å². The van der Waals surface area contributed by atoms with Crippen LogP contribution in [-0.2, 0) is 10.9 Å². The molecule has 0 saturated carbocycles. The molecule has 1 unspecified atom stereocenters. The molecular weight excluding hydrogens is 547 g/mol. The van der Waals surface area contributed by atoms with Crippen molar-refractivity contribution in [1.29, 1.82) is 0 Å². The van der Waals surface area contributed by atoms with Crippen molar-refractivity contribution < 1.29 is 36.3 Å². The van der Waals surface area contributed by atoms with E-state index in [1.54, 1.807) is 11.9 Å². The van der Waals surface area contributed by atoms with Gasteiger partial charge in [-0.2, -0.15) is 18.2 Å². The third kappa shape index (κ3) is 5.24. The molecule has 2 aliphatic rings. The number of carbonyl (C=O) groups is 2. The van der Waals surface area contributed by atoms with Crippen molar-refractivity contribution in [3.8, 4) is 0 Å². The monoisotopic (exact) mass is 564 g/mol. The summed E-state index contributed by atoms with van der Waals surface area (Å²) in [6, 6.07) is 7.02. The van der Waals surface area contributed by atoms with Crippen molar-refractivity contribution in [3.05, 3.63) is 93.0 Å². The molecule has 0 aliphatic carbocycles. The highest BCUT2D eigenvalue weighted by Gasteiger charge is 2.36. The van der Waals surface area contributed by atoms with Crippen LogP contribution in [0, 0.1) is 11.6 Å². The minimum absolute atomic E-state index is 0.0287. The van der Waals surface area contributed by atoms with Crippen LogP contribution in [0.3, 0.4) is 0 Å². The van der Waals surface area contributed by atoms with E-state index in [4.69, 9.17) is 16.3 Å². The Bertz CT molecular complexity index is 1540. The fourth-order valence-corrected chi connectivity index (χ4v) is 4.57. The molecule has 0 radical (unpaired) electrons. The van der Waals surface area contributed by atoms with E-state index in [9.17, 15) is 31.5 Å². The van der Waals surface area contributed by atoms with E-state index < -0.39 is 46.8 Å². The highest BCUT2D eigenvalue weighted by molar-refractivity contribution is 6.31. The second kappa shape index (κ2) is 9.84. The quantitative estimate of drug-likeness (QED) is 0.400. The molecule has 2 N–H and O–H groups in total. The van der Waals surface area contributed by atoms with Crippen molar-refractivity contribution in [1.82, 2.24) is 10.2 Å². The van der Waals surface area contributed by atoms with Crippen LogP contribution in [0.4, 0.5) is 33.3 Å². The molecule has 2 heterocycles. The number of rotatable bonds is 4. The highest BCUT2D eigenvalue weighted by atomic mass is 35.5. The Morgan fingerprint density at radius 1 is 1.13 bits per heavy atom. The first-order chi connectivity index (χ1) is 18.4. The summed E-state index contributed by atoms with van der Waals surface area (Å²) >= 11 is 6.29. The number of ether oxygens (including phenoxy) is 1. The Morgan fingerprint density at radius 2 is 1.90 bits per heavy atom. The van der Waals surface area contributed by atoms with E-state index in [0.29, 0.717) is 25.3 Å². The zero-order valence-electron chi connectivity index (χ0n) is 20.0. The first-order valence-corrected chi connectivity index (χ1v) is 11.8. The Kier molecular flexibility index (Phi) is 6.67. The molecule has 13 heteroatoms. The number of hydrogen-bond acceptors (Lipinski definition) is 4. The second-order valence-electron chi connectivity index (χ2n) is 8.87. The normalized spacial score (nSPS) is 17.7. The highest BCUT2D eigenvalue weighted by Crippen LogP contribution is 2.42. The van der Waals surface area contributed by atoms with Gasteiger partial charge in [-0.25, -0.2) is 8.78 Å². The van der Waals surface area contributed by atoms with Crippen molar-refractivity contribution in [2.45, 2.75) is 12.2 Å². The Hall–Kier alpha value is -4.19. The van der Waals surface area contributed by atoms with Crippen molar-refractivity contribution >= 4 is 40.8 Å². The lowest BCUT2D eigenvalue weighted by Crippen LogP contribution is -2.21. The molecule has 0 spiro atoms. The SMILES string of the molecule is CN1CCOC1=Nc1cc(NC(=O)c2cc(F)cc(C(F)(F)F)c2)c2c(c1)C(=O)NC2c1cc(F)ccc1Cl. The maximum atomic E-state index is 14.1. The number of likely N-dealkylation sites (N-methyl/N-ethyl adjacent to an activating group) is 1. The van der Waals surface area contributed by atoms with Gasteiger partial charge in [0.05, 0.1) is 23.8 Å². The van der Waals surface area contributed by atoms with Crippen LogP contribution in [0.1, 0.15) is 43.4 Å². The number of hydrogen-bond donors (Lipinski definition) is 2. The molecular formula is C26H18ClF5N4O3. The summed E-state index contributed by atoms with van der Waals surface area (Å²) in [7, 11) is 1.73. The number of nitrogens with one attached hydrogen (secondary N) is 2. The maximum absolute atomic E-state index is 14.1. The van der Waals surface area contributed by atoms with Gasteiger partial charge in [0.25, 0.3) is 17.8 Å². The van der Waals surface area contributed by atoms with Crippen LogP contribution in [-0.4, -0.2) is 42.9 Å². The number of amidine groups is 1. The largest absolute Gasteiger partial charge is 0.463 e. The van der Waals surface area contributed by atoms with Gasteiger partial charge in [0.1, 0.15) is 18.2 Å². The van der Waals surface area contributed by atoms with Gasteiger partial charge in [-0.15, -0.1) is 0 Å². The Labute approximate surface area is 223 Å². The number of alkyl halides is 3. The summed E-state index contributed by atoms with van der Waals surface area (Å²) < 4.78 is 73.3. The summed E-state index contributed by atoms with van der Waals surface area (Å²) in [5, 5.41) is 5.28. The molecule has 0 aromatic heterocycles. The summed E-state index contributed by atoms with van der Waals surface area (Å²) in [4.78, 5) is 32.2. The lowest BCUT2D eigenvalue weighted by atomic mass is 9.95. The molecule has 2 amide bonds. The first-order valence-electron chi connectivity index (χ1n) is 11.5. The lowest BCUT2D eigenvalue weighted by Gasteiger charge is -2.19. The molecule has 1 saturated heterocycles. The summed E-state index contributed by atoms with van der Waals surface area (Å²) in [5.74, 6) is -3.56. The predicted molar refractivity (Wildman–Crippen MR) is 132 cm³/mol. The van der Waals surface area contributed by atoms with Gasteiger partial charge >= 0.3 is 6.18 Å². The standard InChI is InChI=1S/C26H18ClF5N4O3/c1-36-4-5-39-25(36)33-16-10-18-21(22(35-24(18)38)17-9-14(28)2-3-19(17)27)20(11-16)34-23(37)12-6-13(26(30,31)32)8-15(29)7-12/h2-3,6-11,22H,4-5H2,1H3,(H,34,37)(H,35,38). The van der Waals surface area contributed by atoms with Crippen LogP contribution < -0.4 is 10.6 Å². The van der Waals surface area contributed by atoms with Crippen LogP contribution >= 0.6 is 11.6 Å². The minimum Gasteiger partial charge on any atom is -0.463 e. The number of fused-ring (bicyclic) bond motifs is 1. The second-order valence-corrected chi connectivity index (χ2v) is 9.28. The maximum Gasteiger partial charge on any atom is 0.416 e. The number of nitrogens with zero attached hydrogens (tertiary/aromatic N) is 2. The molecule has 7 nitrogen and oxygen atoms in total. The fraction of sp³-hybridized carbons (Fsp3) is 0.192. The summed E-state index contributed by atoms with van der Waals surface area (Å²) in [6.45, 7) is 0.945. The fourth-order valence-electron chi connectivity index (χ4n) is 4.34. The van der Waals surface area contributed by atoms with E-state index in [1.165, 1.54) is 18.2 Å². The molecule has 202 valence electrons. The van der Waals surface area contributed by atoms with E-state index in [0.717, 1.165) is 12.1 Å². The number of anilines is 1. The van der Waals surface area contributed by atoms with Crippen molar-refractivity contribution in [2.75, 3.05) is 25.5 Å². The first kappa shape index (κ1) is 26.4. The topological polar surface area (TPSA) is 83.0 Å². The Morgan fingerprint density at radius 3 is 2.59 bits per heavy atom. The lowest BCUT2D eigenvalue weighted by molar-refractivity contribution is -0.137. The van der Waals surface area contributed by atoms with Crippen LogP contribution in [0.15, 0.2) is 53.5 Å². The van der Waals surface area contributed by atoms with E-state index in [-0.39, 0.29) is 45.2 Å². The van der Waals surface area contributed by atoms with Gasteiger partial charge in [-0.1, -0.05) is 11.6 Å². The smallest absolute Gasteiger partial charge is 0.416 e. The molecule has 5 rings (SSSR count). The third-order valence-corrected chi connectivity index (χ3v) is 6.53. The molecule has 1 atom stereocenters. The van der Waals surface area contributed by atoms with Gasteiger partial charge in [0.2, 0.25) is 0 Å². The van der Waals surface area contributed by atoms with Crippen LogP contribution in [0.5, 0.6) is 0 Å². The third-order valence-electron chi connectivity index (χ3n) is 6.19. The van der Waals surface area contributed by atoms with Gasteiger partial charge in [-0.05, 0) is 48.5 Å². The van der Waals surface area contributed by atoms with Crippen LogP contribution in [0.2, 0.25) is 5.02 Å².